The molecule has 1 aliphatic heterocycles. The van der Waals surface area contributed by atoms with Crippen molar-refractivity contribution in [2.75, 3.05) is 26.2 Å². The summed E-state index contributed by atoms with van der Waals surface area (Å²) in [5.74, 6) is -0.157. The summed E-state index contributed by atoms with van der Waals surface area (Å²) in [5, 5.41) is 0. The number of ether oxygens (including phenoxy) is 1. The average molecular weight is 378 g/mol. The van der Waals surface area contributed by atoms with Gasteiger partial charge in [0.1, 0.15) is 5.82 Å². The lowest BCUT2D eigenvalue weighted by Crippen LogP contribution is -2.45. The quantitative estimate of drug-likeness (QED) is 0.791. The van der Waals surface area contributed by atoms with Crippen LogP contribution in [0.3, 0.4) is 0 Å². The van der Waals surface area contributed by atoms with Crippen molar-refractivity contribution < 1.29 is 18.7 Å². The Kier molecular flexibility index (Phi) is 6.98. The van der Waals surface area contributed by atoms with Crippen LogP contribution in [-0.4, -0.2) is 53.9 Å². The summed E-state index contributed by atoms with van der Waals surface area (Å²) in [7, 11) is 0. The minimum absolute atomic E-state index is 0.0579. The summed E-state index contributed by atoms with van der Waals surface area (Å²) in [6, 6.07) is 6.48. The SMILES string of the molecule is CC(C)CN1CC(OCc2ccccc2F)CN(C(=O)C(C)(C)C)CC1=O. The van der Waals surface area contributed by atoms with Crippen molar-refractivity contribution in [3.8, 4) is 0 Å². The summed E-state index contributed by atoms with van der Waals surface area (Å²) in [6.07, 6.45) is -0.360. The van der Waals surface area contributed by atoms with E-state index in [4.69, 9.17) is 4.74 Å². The standard InChI is InChI=1S/C21H31FN2O3/c1-15(2)10-23-11-17(27-14-16-8-6-7-9-18(16)22)12-24(13-19(23)25)20(26)21(3,4)5/h6-9,15,17H,10-14H2,1-5H3. The van der Waals surface area contributed by atoms with Gasteiger partial charge in [0.25, 0.3) is 0 Å². The molecule has 0 spiro atoms. The van der Waals surface area contributed by atoms with Gasteiger partial charge in [-0.3, -0.25) is 9.59 Å². The van der Waals surface area contributed by atoms with Crippen LogP contribution in [0.25, 0.3) is 0 Å². The van der Waals surface area contributed by atoms with Gasteiger partial charge in [-0.1, -0.05) is 52.8 Å². The van der Waals surface area contributed by atoms with E-state index in [0.717, 1.165) is 0 Å². The predicted molar refractivity (Wildman–Crippen MR) is 102 cm³/mol. The molecular formula is C21H31FN2O3. The molecule has 2 amide bonds. The molecule has 0 aliphatic carbocycles. The normalized spacial score (nSPS) is 18.8. The number of hydrogen-bond acceptors (Lipinski definition) is 3. The third kappa shape index (κ3) is 6.03. The highest BCUT2D eigenvalue weighted by atomic mass is 19.1. The number of benzene rings is 1. The largest absolute Gasteiger partial charge is 0.370 e. The van der Waals surface area contributed by atoms with Crippen LogP contribution >= 0.6 is 0 Å². The highest BCUT2D eigenvalue weighted by Crippen LogP contribution is 2.21. The molecule has 0 saturated carbocycles. The topological polar surface area (TPSA) is 49.9 Å². The summed E-state index contributed by atoms with van der Waals surface area (Å²) in [6.45, 7) is 11.1. The molecule has 0 aromatic heterocycles. The molecular weight excluding hydrogens is 347 g/mol. The molecule has 1 aromatic rings. The minimum Gasteiger partial charge on any atom is -0.370 e. The van der Waals surface area contributed by atoms with E-state index in [-0.39, 0.29) is 36.9 Å². The van der Waals surface area contributed by atoms with Crippen molar-refractivity contribution in [2.24, 2.45) is 11.3 Å². The molecule has 1 fully saturated rings. The van der Waals surface area contributed by atoms with Crippen LogP contribution in [0.15, 0.2) is 24.3 Å². The van der Waals surface area contributed by atoms with E-state index in [1.165, 1.54) is 6.07 Å². The van der Waals surface area contributed by atoms with Gasteiger partial charge in [0.2, 0.25) is 11.8 Å². The highest BCUT2D eigenvalue weighted by Gasteiger charge is 2.35. The van der Waals surface area contributed by atoms with Crippen LogP contribution in [0.2, 0.25) is 0 Å². The molecule has 5 nitrogen and oxygen atoms in total. The van der Waals surface area contributed by atoms with Gasteiger partial charge in [0.05, 0.1) is 19.3 Å². The number of halogens is 1. The molecule has 1 aliphatic rings. The zero-order valence-corrected chi connectivity index (χ0v) is 17.0. The van der Waals surface area contributed by atoms with Crippen LogP contribution in [0.4, 0.5) is 4.39 Å². The molecule has 1 saturated heterocycles. The van der Waals surface area contributed by atoms with E-state index in [1.54, 1.807) is 28.0 Å². The summed E-state index contributed by atoms with van der Waals surface area (Å²) in [4.78, 5) is 28.8. The van der Waals surface area contributed by atoms with Gasteiger partial charge in [-0.2, -0.15) is 0 Å². The van der Waals surface area contributed by atoms with E-state index in [0.29, 0.717) is 31.1 Å². The van der Waals surface area contributed by atoms with Gasteiger partial charge in [-0.15, -0.1) is 0 Å². The third-order valence-corrected chi connectivity index (χ3v) is 4.47. The lowest BCUT2D eigenvalue weighted by atomic mass is 9.94. The number of amides is 2. The van der Waals surface area contributed by atoms with Crippen molar-refractivity contribution in [1.29, 1.82) is 0 Å². The second-order valence-corrected chi connectivity index (χ2v) is 8.65. The molecule has 1 atom stereocenters. The fraction of sp³-hybridized carbons (Fsp3) is 0.619. The Labute approximate surface area is 161 Å². The number of carbonyl (C=O) groups is 2. The molecule has 0 N–H and O–H groups in total. The monoisotopic (exact) mass is 378 g/mol. The summed E-state index contributed by atoms with van der Waals surface area (Å²) < 4.78 is 19.8. The third-order valence-electron chi connectivity index (χ3n) is 4.47. The number of rotatable bonds is 5. The van der Waals surface area contributed by atoms with Crippen LogP contribution in [-0.2, 0) is 20.9 Å². The number of carbonyl (C=O) groups excluding carboxylic acids is 2. The lowest BCUT2D eigenvalue weighted by Gasteiger charge is -2.29. The second-order valence-electron chi connectivity index (χ2n) is 8.65. The second kappa shape index (κ2) is 8.83. The van der Waals surface area contributed by atoms with Crippen molar-refractivity contribution >= 4 is 11.8 Å². The fourth-order valence-electron chi connectivity index (χ4n) is 3.15. The van der Waals surface area contributed by atoms with Crippen LogP contribution in [0.5, 0.6) is 0 Å². The first kappa shape index (κ1) is 21.4. The van der Waals surface area contributed by atoms with Gasteiger partial charge in [0, 0.05) is 30.6 Å². The first-order valence-corrected chi connectivity index (χ1v) is 9.50. The van der Waals surface area contributed by atoms with E-state index >= 15 is 0 Å². The molecule has 1 unspecified atom stereocenters. The Morgan fingerprint density at radius 2 is 1.93 bits per heavy atom. The summed E-state index contributed by atoms with van der Waals surface area (Å²) in [5.41, 5.74) is -0.110. The first-order valence-electron chi connectivity index (χ1n) is 9.50. The Hall–Kier alpha value is -1.95. The van der Waals surface area contributed by atoms with Gasteiger partial charge >= 0.3 is 0 Å². The molecule has 150 valence electrons. The predicted octanol–water partition coefficient (Wildman–Crippen LogP) is 3.08. The molecule has 2 rings (SSSR count). The maximum absolute atomic E-state index is 13.9. The van der Waals surface area contributed by atoms with Gasteiger partial charge < -0.3 is 14.5 Å². The van der Waals surface area contributed by atoms with Crippen molar-refractivity contribution in [3.05, 3.63) is 35.6 Å². The number of nitrogens with zero attached hydrogens (tertiary/aromatic N) is 2. The van der Waals surface area contributed by atoms with Gasteiger partial charge in [-0.25, -0.2) is 4.39 Å². The number of hydrogen-bond donors (Lipinski definition) is 0. The zero-order chi connectivity index (χ0) is 20.2. The molecule has 1 aromatic carbocycles. The van der Waals surface area contributed by atoms with Gasteiger partial charge in [-0.05, 0) is 12.0 Å². The highest BCUT2D eigenvalue weighted by molar-refractivity contribution is 5.87. The Morgan fingerprint density at radius 3 is 2.52 bits per heavy atom. The first-order chi connectivity index (χ1) is 12.6. The van der Waals surface area contributed by atoms with Crippen molar-refractivity contribution in [2.45, 2.75) is 47.3 Å². The van der Waals surface area contributed by atoms with Crippen LogP contribution < -0.4 is 0 Å². The maximum Gasteiger partial charge on any atom is 0.242 e. The van der Waals surface area contributed by atoms with Crippen molar-refractivity contribution in [3.63, 3.8) is 0 Å². The smallest absolute Gasteiger partial charge is 0.242 e. The lowest BCUT2D eigenvalue weighted by molar-refractivity contribution is -0.144. The van der Waals surface area contributed by atoms with Crippen LogP contribution in [0, 0.1) is 17.2 Å². The van der Waals surface area contributed by atoms with E-state index in [9.17, 15) is 14.0 Å². The minimum atomic E-state index is -0.580. The fourth-order valence-corrected chi connectivity index (χ4v) is 3.15. The average Bonchev–Trinajstić information content (AvgIpc) is 2.71. The van der Waals surface area contributed by atoms with Gasteiger partial charge in [0.15, 0.2) is 0 Å². The van der Waals surface area contributed by atoms with Crippen LogP contribution in [0.1, 0.15) is 40.2 Å². The van der Waals surface area contributed by atoms with E-state index in [2.05, 4.69) is 0 Å². The molecule has 27 heavy (non-hydrogen) atoms. The Bertz CT molecular complexity index is 670. The molecule has 1 heterocycles. The maximum atomic E-state index is 13.9. The summed E-state index contributed by atoms with van der Waals surface area (Å²) >= 11 is 0. The molecule has 6 heteroatoms. The Balaban J connectivity index is 2.17. The molecule has 0 radical (unpaired) electrons. The Morgan fingerprint density at radius 1 is 1.26 bits per heavy atom. The molecule has 0 bridgehead atoms. The van der Waals surface area contributed by atoms with E-state index in [1.807, 2.05) is 34.6 Å². The zero-order valence-electron chi connectivity index (χ0n) is 17.0. The van der Waals surface area contributed by atoms with Crippen molar-refractivity contribution in [1.82, 2.24) is 9.80 Å². The van der Waals surface area contributed by atoms with E-state index < -0.39 is 5.41 Å².